The number of hydrogen-bond acceptors (Lipinski definition) is 4. The Hall–Kier alpha value is -1.56. The normalized spacial score (nSPS) is 27.4. The zero-order valence-electron chi connectivity index (χ0n) is 12.5. The van der Waals surface area contributed by atoms with Crippen molar-refractivity contribution in [1.82, 2.24) is 5.32 Å². The fourth-order valence-corrected chi connectivity index (χ4v) is 5.59. The number of piperazine rings is 1. The summed E-state index contributed by atoms with van der Waals surface area (Å²) in [4.78, 5) is 13.9. The van der Waals surface area contributed by atoms with Crippen molar-refractivity contribution in [3.05, 3.63) is 28.8 Å². The Morgan fingerprint density at radius 3 is 2.38 bits per heavy atom. The lowest BCUT2D eigenvalue weighted by molar-refractivity contribution is -0.121. The van der Waals surface area contributed by atoms with Gasteiger partial charge < -0.3 is 10.2 Å². The van der Waals surface area contributed by atoms with Crippen molar-refractivity contribution in [2.45, 2.75) is 32.9 Å². The predicted molar refractivity (Wildman–Crippen MR) is 82.4 cm³/mol. The predicted octanol–water partition coefficient (Wildman–Crippen LogP) is 0.714. The molecule has 5 nitrogen and oxygen atoms in total. The van der Waals surface area contributed by atoms with E-state index in [0.717, 1.165) is 16.8 Å². The number of carbonyl (C=O) groups is 1. The molecule has 1 amide bonds. The Morgan fingerprint density at radius 1 is 1.14 bits per heavy atom. The van der Waals surface area contributed by atoms with E-state index in [1.165, 1.54) is 5.56 Å². The van der Waals surface area contributed by atoms with E-state index >= 15 is 0 Å². The number of nitrogens with one attached hydrogen (secondary N) is 1. The van der Waals surface area contributed by atoms with E-state index in [9.17, 15) is 13.2 Å². The first-order valence-electron chi connectivity index (χ1n) is 7.11. The topological polar surface area (TPSA) is 66.5 Å². The lowest BCUT2D eigenvalue weighted by Gasteiger charge is -2.40. The van der Waals surface area contributed by atoms with Crippen molar-refractivity contribution >= 4 is 21.4 Å². The minimum absolute atomic E-state index is 0.0455. The summed E-state index contributed by atoms with van der Waals surface area (Å²) in [5, 5.41) is 2.82. The molecule has 0 saturated carbocycles. The Morgan fingerprint density at radius 2 is 1.76 bits per heavy atom. The molecule has 114 valence electrons. The number of sulfone groups is 1. The van der Waals surface area contributed by atoms with E-state index in [1.807, 2.05) is 25.7 Å². The van der Waals surface area contributed by atoms with E-state index < -0.39 is 9.84 Å². The van der Waals surface area contributed by atoms with Crippen molar-refractivity contribution in [2.24, 2.45) is 0 Å². The first-order chi connectivity index (χ1) is 9.77. The van der Waals surface area contributed by atoms with Crippen LogP contribution in [0.15, 0.2) is 12.1 Å². The van der Waals surface area contributed by atoms with E-state index in [0.29, 0.717) is 0 Å². The van der Waals surface area contributed by atoms with Gasteiger partial charge in [-0.2, -0.15) is 0 Å². The summed E-state index contributed by atoms with van der Waals surface area (Å²) in [5.41, 5.74) is 4.35. The maximum absolute atomic E-state index is 11.9. The van der Waals surface area contributed by atoms with Crippen LogP contribution < -0.4 is 10.2 Å². The summed E-state index contributed by atoms with van der Waals surface area (Å²) in [7, 11) is -3.08. The van der Waals surface area contributed by atoms with Gasteiger partial charge in [0, 0.05) is 5.69 Å². The minimum atomic E-state index is -3.08. The van der Waals surface area contributed by atoms with Crippen LogP contribution in [0.2, 0.25) is 0 Å². The summed E-state index contributed by atoms with van der Waals surface area (Å²) >= 11 is 0. The molecule has 21 heavy (non-hydrogen) atoms. The van der Waals surface area contributed by atoms with Gasteiger partial charge in [-0.15, -0.1) is 0 Å². The third-order valence-corrected chi connectivity index (χ3v) is 6.02. The highest BCUT2D eigenvalue weighted by atomic mass is 32.2. The molecule has 3 rings (SSSR count). The van der Waals surface area contributed by atoms with Crippen molar-refractivity contribution in [2.75, 3.05) is 23.0 Å². The summed E-state index contributed by atoms with van der Waals surface area (Å²) in [5.74, 6) is 0.0573. The molecule has 0 spiro atoms. The fourth-order valence-electron chi connectivity index (χ4n) is 3.67. The molecule has 2 aliphatic heterocycles. The van der Waals surface area contributed by atoms with Crippen LogP contribution in [-0.2, 0) is 14.6 Å². The second kappa shape index (κ2) is 4.73. The smallest absolute Gasteiger partial charge is 0.239 e. The average molecular weight is 308 g/mol. The molecule has 6 heteroatoms. The third kappa shape index (κ3) is 2.52. The summed E-state index contributed by atoms with van der Waals surface area (Å²) < 4.78 is 23.9. The highest BCUT2D eigenvalue weighted by Gasteiger charge is 2.45. The van der Waals surface area contributed by atoms with E-state index in [-0.39, 0.29) is 36.0 Å². The zero-order chi connectivity index (χ0) is 15.4. The maximum atomic E-state index is 11.9. The SMILES string of the molecule is Cc1cc(C)c(N2CC(=O)N[C@@H]3CS(=O)(=O)C[C@@H]32)c(C)c1. The van der Waals surface area contributed by atoms with Gasteiger partial charge in [-0.25, -0.2) is 8.42 Å². The van der Waals surface area contributed by atoms with Crippen molar-refractivity contribution in [3.8, 4) is 0 Å². The monoisotopic (exact) mass is 308 g/mol. The quantitative estimate of drug-likeness (QED) is 0.830. The first-order valence-corrected chi connectivity index (χ1v) is 8.93. The van der Waals surface area contributed by atoms with Gasteiger partial charge in [0.15, 0.2) is 9.84 Å². The molecule has 2 fully saturated rings. The van der Waals surface area contributed by atoms with Crippen molar-refractivity contribution < 1.29 is 13.2 Å². The molecule has 1 N–H and O–H groups in total. The first kappa shape index (κ1) is 14.4. The molecule has 2 aliphatic rings. The molecule has 0 bridgehead atoms. The fraction of sp³-hybridized carbons (Fsp3) is 0.533. The Bertz CT molecular complexity index is 689. The standard InChI is InChI=1S/C15H20N2O3S/c1-9-4-10(2)15(11(3)5-9)17-6-14(18)16-12-7-21(19,20)8-13(12)17/h4-5,12-13H,6-8H2,1-3H3,(H,16,18)/t12-,13+/m1/s1. The average Bonchev–Trinajstić information content (AvgIpc) is 2.61. The van der Waals surface area contributed by atoms with Crippen LogP contribution in [-0.4, -0.2) is 44.5 Å². The van der Waals surface area contributed by atoms with Gasteiger partial charge >= 0.3 is 0 Å². The Labute approximate surface area is 125 Å². The second-order valence-corrected chi connectivity index (χ2v) is 8.35. The summed E-state index contributed by atoms with van der Waals surface area (Å²) in [6, 6.07) is 3.70. The van der Waals surface area contributed by atoms with Crippen LogP contribution in [0.4, 0.5) is 5.69 Å². The van der Waals surface area contributed by atoms with Crippen LogP contribution in [0, 0.1) is 20.8 Å². The van der Waals surface area contributed by atoms with E-state index in [2.05, 4.69) is 17.4 Å². The number of anilines is 1. The van der Waals surface area contributed by atoms with Crippen molar-refractivity contribution in [1.29, 1.82) is 0 Å². The van der Waals surface area contributed by atoms with Crippen LogP contribution in [0.1, 0.15) is 16.7 Å². The summed E-state index contributed by atoms with van der Waals surface area (Å²) in [6.07, 6.45) is 0. The highest BCUT2D eigenvalue weighted by molar-refractivity contribution is 7.91. The number of amides is 1. The van der Waals surface area contributed by atoms with Gasteiger partial charge in [0.1, 0.15) is 0 Å². The summed E-state index contributed by atoms with van der Waals surface area (Å²) in [6.45, 7) is 6.29. The number of fused-ring (bicyclic) bond motifs is 1. The van der Waals surface area contributed by atoms with Gasteiger partial charge in [0.25, 0.3) is 0 Å². The molecule has 2 atom stereocenters. The molecule has 2 heterocycles. The number of aryl methyl sites for hydroxylation is 3. The van der Waals surface area contributed by atoms with Gasteiger partial charge in [0.2, 0.25) is 5.91 Å². The Kier molecular flexibility index (Phi) is 3.24. The highest BCUT2D eigenvalue weighted by Crippen LogP contribution is 2.32. The zero-order valence-corrected chi connectivity index (χ0v) is 13.3. The number of hydrogen-bond donors (Lipinski definition) is 1. The molecular weight excluding hydrogens is 288 g/mol. The molecule has 0 aliphatic carbocycles. The number of rotatable bonds is 1. The molecule has 1 aromatic rings. The van der Waals surface area contributed by atoms with E-state index in [1.54, 1.807) is 0 Å². The van der Waals surface area contributed by atoms with Gasteiger partial charge in [-0.3, -0.25) is 4.79 Å². The largest absolute Gasteiger partial charge is 0.356 e. The third-order valence-electron chi connectivity index (χ3n) is 4.31. The number of benzene rings is 1. The lowest BCUT2D eigenvalue weighted by Crippen LogP contribution is -2.60. The van der Waals surface area contributed by atoms with Crippen LogP contribution in [0.3, 0.4) is 0 Å². The van der Waals surface area contributed by atoms with Gasteiger partial charge in [0.05, 0.1) is 30.1 Å². The molecule has 0 unspecified atom stereocenters. The van der Waals surface area contributed by atoms with E-state index in [4.69, 9.17) is 0 Å². The Balaban J connectivity index is 2.07. The molecule has 2 saturated heterocycles. The van der Waals surface area contributed by atoms with Crippen LogP contribution >= 0.6 is 0 Å². The van der Waals surface area contributed by atoms with Crippen LogP contribution in [0.5, 0.6) is 0 Å². The van der Waals surface area contributed by atoms with Crippen molar-refractivity contribution in [3.63, 3.8) is 0 Å². The molecule has 0 radical (unpaired) electrons. The van der Waals surface area contributed by atoms with Gasteiger partial charge in [-0.1, -0.05) is 17.7 Å². The number of carbonyl (C=O) groups excluding carboxylic acids is 1. The maximum Gasteiger partial charge on any atom is 0.239 e. The van der Waals surface area contributed by atoms with Gasteiger partial charge in [-0.05, 0) is 31.9 Å². The molecule has 1 aromatic carbocycles. The molecular formula is C15H20N2O3S. The van der Waals surface area contributed by atoms with Crippen LogP contribution in [0.25, 0.3) is 0 Å². The second-order valence-electron chi connectivity index (χ2n) is 6.19. The number of nitrogens with zero attached hydrogens (tertiary/aromatic N) is 1. The lowest BCUT2D eigenvalue weighted by atomic mass is 9.99. The molecule has 0 aromatic heterocycles. The minimum Gasteiger partial charge on any atom is -0.356 e.